The Kier molecular flexibility index (Phi) is 7.72. The number of hydrogen-bond donors (Lipinski definition) is 1. The van der Waals surface area contributed by atoms with Crippen LogP contribution in [0, 0.1) is 0 Å². The Labute approximate surface area is 230 Å². The van der Waals surface area contributed by atoms with Crippen molar-refractivity contribution >= 4 is 28.8 Å². The summed E-state index contributed by atoms with van der Waals surface area (Å²) in [4.78, 5) is 30.6. The van der Waals surface area contributed by atoms with E-state index >= 15 is 0 Å². The van der Waals surface area contributed by atoms with E-state index in [4.69, 9.17) is 9.47 Å². The molecule has 1 unspecified atom stereocenters. The monoisotopic (exact) mass is 528 g/mol. The van der Waals surface area contributed by atoms with Crippen molar-refractivity contribution in [1.29, 1.82) is 0 Å². The number of ketones is 1. The van der Waals surface area contributed by atoms with Crippen molar-refractivity contribution in [3.05, 3.63) is 89.0 Å². The van der Waals surface area contributed by atoms with Gasteiger partial charge in [0.2, 0.25) is 0 Å². The van der Waals surface area contributed by atoms with Gasteiger partial charge in [0.25, 0.3) is 11.7 Å². The number of methoxy groups -OCH3 is 1. The molecule has 0 radical (unpaired) electrons. The lowest BCUT2D eigenvalue weighted by molar-refractivity contribution is -0.132. The maximum Gasteiger partial charge on any atom is 0.300 e. The third kappa shape index (κ3) is 5.35. The van der Waals surface area contributed by atoms with Crippen molar-refractivity contribution in [3.63, 3.8) is 0 Å². The minimum Gasteiger partial charge on any atom is -0.507 e. The van der Waals surface area contributed by atoms with Gasteiger partial charge in [-0.3, -0.25) is 14.5 Å². The molecule has 3 aromatic rings. The van der Waals surface area contributed by atoms with Gasteiger partial charge in [0.05, 0.1) is 25.3 Å². The number of nitrogens with zero attached hydrogens (tertiary/aromatic N) is 2. The zero-order valence-electron chi connectivity index (χ0n) is 23.6. The molecule has 4 rings (SSSR count). The molecule has 1 saturated heterocycles. The first-order chi connectivity index (χ1) is 18.5. The van der Waals surface area contributed by atoms with Crippen LogP contribution in [0.25, 0.3) is 5.76 Å². The second kappa shape index (κ2) is 10.8. The molecule has 1 aliphatic rings. The molecule has 1 N–H and O–H groups in total. The summed E-state index contributed by atoms with van der Waals surface area (Å²) in [5, 5.41) is 11.6. The number of aliphatic hydroxyl groups excluding tert-OH is 1. The Bertz CT molecular complexity index is 1420. The van der Waals surface area contributed by atoms with Crippen molar-refractivity contribution in [2.45, 2.75) is 39.2 Å². The van der Waals surface area contributed by atoms with E-state index in [0.29, 0.717) is 34.9 Å². The first-order valence-corrected chi connectivity index (χ1v) is 13.0. The minimum atomic E-state index is -0.851. The van der Waals surface area contributed by atoms with Crippen LogP contribution in [0.5, 0.6) is 11.5 Å². The fourth-order valence-corrected chi connectivity index (χ4v) is 4.86. The highest BCUT2D eigenvalue weighted by Gasteiger charge is 2.47. The van der Waals surface area contributed by atoms with Gasteiger partial charge in [0.15, 0.2) is 0 Å². The highest BCUT2D eigenvalue weighted by molar-refractivity contribution is 6.51. The molecule has 0 aromatic heterocycles. The van der Waals surface area contributed by atoms with Gasteiger partial charge >= 0.3 is 0 Å². The van der Waals surface area contributed by atoms with Gasteiger partial charge in [0.1, 0.15) is 17.3 Å². The minimum absolute atomic E-state index is 0.0235. The summed E-state index contributed by atoms with van der Waals surface area (Å²) in [6.45, 7) is 8.50. The molecule has 1 fully saturated rings. The van der Waals surface area contributed by atoms with Gasteiger partial charge in [-0.2, -0.15) is 0 Å². The summed E-state index contributed by atoms with van der Waals surface area (Å²) in [7, 11) is 5.46. The number of ether oxygens (including phenoxy) is 2. The molecule has 3 aromatic carbocycles. The predicted octanol–water partition coefficient (Wildman–Crippen LogP) is 6.08. The molecular weight excluding hydrogens is 492 g/mol. The molecule has 204 valence electrons. The van der Waals surface area contributed by atoms with Crippen LogP contribution in [0.1, 0.15) is 50.4 Å². The third-order valence-corrected chi connectivity index (χ3v) is 6.85. The van der Waals surface area contributed by atoms with E-state index < -0.39 is 17.7 Å². The van der Waals surface area contributed by atoms with E-state index in [1.807, 2.05) is 101 Å². The quantitative estimate of drug-likeness (QED) is 0.227. The van der Waals surface area contributed by atoms with Crippen LogP contribution in [0.2, 0.25) is 0 Å². The molecular formula is C32H36N2O5. The van der Waals surface area contributed by atoms with Gasteiger partial charge in [-0.05, 0) is 72.5 Å². The molecule has 1 amide bonds. The van der Waals surface area contributed by atoms with Crippen LogP contribution in [-0.2, 0) is 15.0 Å². The Hall–Kier alpha value is -4.26. The molecule has 0 saturated carbocycles. The van der Waals surface area contributed by atoms with Crippen LogP contribution < -0.4 is 19.3 Å². The molecule has 0 spiro atoms. The van der Waals surface area contributed by atoms with Crippen LogP contribution in [0.3, 0.4) is 0 Å². The lowest BCUT2D eigenvalue weighted by Gasteiger charge is -2.27. The molecule has 7 heteroatoms. The maximum atomic E-state index is 13.6. The number of carbonyl (C=O) groups is 2. The Morgan fingerprint density at radius 1 is 1.00 bits per heavy atom. The van der Waals surface area contributed by atoms with Gasteiger partial charge in [-0.25, -0.2) is 0 Å². The van der Waals surface area contributed by atoms with Gasteiger partial charge in [-0.15, -0.1) is 0 Å². The zero-order chi connectivity index (χ0) is 28.5. The Balaban J connectivity index is 1.94. The fraction of sp³-hybridized carbons (Fsp3) is 0.312. The molecule has 7 nitrogen and oxygen atoms in total. The summed E-state index contributed by atoms with van der Waals surface area (Å²) >= 11 is 0. The molecule has 0 aliphatic carbocycles. The van der Waals surface area contributed by atoms with Crippen LogP contribution in [0.15, 0.2) is 72.3 Å². The highest BCUT2D eigenvalue weighted by Crippen LogP contribution is 2.44. The summed E-state index contributed by atoms with van der Waals surface area (Å²) in [6, 6.07) is 19.1. The largest absolute Gasteiger partial charge is 0.507 e. The second-order valence-electron chi connectivity index (χ2n) is 10.8. The van der Waals surface area contributed by atoms with Gasteiger partial charge < -0.3 is 19.5 Å². The van der Waals surface area contributed by atoms with Crippen molar-refractivity contribution in [2.24, 2.45) is 0 Å². The fourth-order valence-electron chi connectivity index (χ4n) is 4.86. The van der Waals surface area contributed by atoms with Crippen LogP contribution >= 0.6 is 0 Å². The van der Waals surface area contributed by atoms with Gasteiger partial charge in [-0.1, -0.05) is 32.9 Å². The van der Waals surface area contributed by atoms with E-state index in [9.17, 15) is 14.7 Å². The highest BCUT2D eigenvalue weighted by atomic mass is 16.5. The van der Waals surface area contributed by atoms with Crippen LogP contribution in [0.4, 0.5) is 11.4 Å². The molecule has 1 heterocycles. The lowest BCUT2D eigenvalue weighted by Crippen LogP contribution is -2.29. The molecule has 0 bridgehead atoms. The second-order valence-corrected chi connectivity index (χ2v) is 10.8. The topological polar surface area (TPSA) is 79.3 Å². The number of amides is 1. The van der Waals surface area contributed by atoms with E-state index in [-0.39, 0.29) is 16.7 Å². The lowest BCUT2D eigenvalue weighted by atomic mass is 9.84. The summed E-state index contributed by atoms with van der Waals surface area (Å²) < 4.78 is 11.3. The average molecular weight is 529 g/mol. The Morgan fingerprint density at radius 2 is 1.69 bits per heavy atom. The molecule has 1 atom stereocenters. The van der Waals surface area contributed by atoms with Crippen molar-refractivity contribution < 1.29 is 24.2 Å². The number of rotatable bonds is 7. The third-order valence-electron chi connectivity index (χ3n) is 6.85. The summed E-state index contributed by atoms with van der Waals surface area (Å²) in [5.41, 5.74) is 3.22. The number of benzene rings is 3. The number of anilines is 2. The number of hydrogen-bond acceptors (Lipinski definition) is 6. The first kappa shape index (κ1) is 27.8. The summed E-state index contributed by atoms with van der Waals surface area (Å²) in [6.07, 6.45) is 0. The average Bonchev–Trinajstić information content (AvgIpc) is 3.18. The predicted molar refractivity (Wildman–Crippen MR) is 155 cm³/mol. The number of carbonyl (C=O) groups excluding carboxylic acids is 2. The van der Waals surface area contributed by atoms with Crippen LogP contribution in [-0.4, -0.2) is 44.6 Å². The van der Waals surface area contributed by atoms with Crippen molar-refractivity contribution in [3.8, 4) is 11.5 Å². The van der Waals surface area contributed by atoms with Crippen molar-refractivity contribution in [2.75, 3.05) is 37.6 Å². The smallest absolute Gasteiger partial charge is 0.300 e. The molecule has 1 aliphatic heterocycles. The number of aliphatic hydroxyl groups is 1. The standard InChI is InChI=1S/C32H36N2O5/c1-8-39-24-11-9-10-20(18-24)28-27(29(35)21-12-17-26(38-7)25(19-21)32(2,3)4)30(36)31(37)34(28)23-15-13-22(14-16-23)33(5)6/h9-19,28,35H,8H2,1-7H3/b29-27+. The maximum absolute atomic E-state index is 13.6. The van der Waals surface area contributed by atoms with Gasteiger partial charge in [0, 0.05) is 36.6 Å². The Morgan fingerprint density at radius 3 is 2.28 bits per heavy atom. The number of Topliss-reactive ketones (excluding diaryl/α,β-unsaturated/α-hetero) is 1. The zero-order valence-corrected chi connectivity index (χ0v) is 23.6. The summed E-state index contributed by atoms with van der Waals surface area (Å²) in [5.74, 6) is -0.389. The van der Waals surface area contributed by atoms with E-state index in [1.54, 1.807) is 19.2 Å². The molecule has 39 heavy (non-hydrogen) atoms. The normalized spacial score (nSPS) is 16.9. The first-order valence-electron chi connectivity index (χ1n) is 13.0. The van der Waals surface area contributed by atoms with E-state index in [0.717, 1.165) is 11.3 Å². The SMILES string of the molecule is CCOc1cccc(C2/C(=C(\O)c3ccc(OC)c(C(C)(C)C)c3)C(=O)C(=O)N2c2ccc(N(C)C)cc2)c1. The van der Waals surface area contributed by atoms with E-state index in [1.165, 1.54) is 4.90 Å². The van der Waals surface area contributed by atoms with E-state index in [2.05, 4.69) is 0 Å². The van der Waals surface area contributed by atoms with Crippen molar-refractivity contribution in [1.82, 2.24) is 0 Å².